The SMILES string of the molecule is CC(C(=O)NC(Cc1cocn1)C(=O)O)c1noc2ccccc12. The predicted octanol–water partition coefficient (Wildman–Crippen LogP) is 1.73. The molecule has 8 nitrogen and oxygen atoms in total. The van der Waals surface area contributed by atoms with Crippen molar-refractivity contribution in [3.05, 3.63) is 48.3 Å². The van der Waals surface area contributed by atoms with Crippen LogP contribution in [-0.4, -0.2) is 33.2 Å². The molecule has 124 valence electrons. The second-order valence-electron chi connectivity index (χ2n) is 5.37. The number of fused-ring (bicyclic) bond motifs is 1. The lowest BCUT2D eigenvalue weighted by atomic mass is 10.0. The summed E-state index contributed by atoms with van der Waals surface area (Å²) in [6.45, 7) is 1.65. The fourth-order valence-corrected chi connectivity index (χ4v) is 2.39. The summed E-state index contributed by atoms with van der Waals surface area (Å²) in [7, 11) is 0. The van der Waals surface area contributed by atoms with Crippen LogP contribution in [0.1, 0.15) is 24.2 Å². The van der Waals surface area contributed by atoms with Gasteiger partial charge in [-0.05, 0) is 19.1 Å². The number of oxazole rings is 1. The lowest BCUT2D eigenvalue weighted by Gasteiger charge is -2.16. The van der Waals surface area contributed by atoms with Gasteiger partial charge in [-0.25, -0.2) is 9.78 Å². The lowest BCUT2D eigenvalue weighted by Crippen LogP contribution is -2.44. The minimum atomic E-state index is -1.15. The molecule has 3 rings (SSSR count). The van der Waals surface area contributed by atoms with Gasteiger partial charge in [0.25, 0.3) is 0 Å². The van der Waals surface area contributed by atoms with Crippen molar-refractivity contribution in [2.45, 2.75) is 25.3 Å². The molecule has 2 heterocycles. The van der Waals surface area contributed by atoms with Gasteiger partial charge in [-0.1, -0.05) is 17.3 Å². The molecule has 3 aromatic rings. The molecule has 0 radical (unpaired) electrons. The maximum atomic E-state index is 12.4. The molecular formula is C16H15N3O5. The molecule has 2 atom stereocenters. The fourth-order valence-electron chi connectivity index (χ4n) is 2.39. The first-order chi connectivity index (χ1) is 11.6. The topological polar surface area (TPSA) is 118 Å². The zero-order valence-electron chi connectivity index (χ0n) is 12.8. The number of hydrogen-bond donors (Lipinski definition) is 2. The van der Waals surface area contributed by atoms with E-state index in [-0.39, 0.29) is 6.42 Å². The van der Waals surface area contributed by atoms with Crippen LogP contribution >= 0.6 is 0 Å². The van der Waals surface area contributed by atoms with E-state index in [4.69, 9.17) is 8.94 Å². The molecule has 2 unspecified atom stereocenters. The van der Waals surface area contributed by atoms with Crippen LogP contribution in [0.4, 0.5) is 0 Å². The highest BCUT2D eigenvalue weighted by Crippen LogP contribution is 2.25. The van der Waals surface area contributed by atoms with Crippen molar-refractivity contribution in [3.8, 4) is 0 Å². The second kappa shape index (κ2) is 6.53. The molecule has 0 aliphatic heterocycles. The molecule has 24 heavy (non-hydrogen) atoms. The van der Waals surface area contributed by atoms with Crippen LogP contribution in [0, 0.1) is 0 Å². The number of rotatable bonds is 6. The molecule has 8 heteroatoms. The Morgan fingerprint density at radius 2 is 2.12 bits per heavy atom. The first-order valence-corrected chi connectivity index (χ1v) is 7.31. The van der Waals surface area contributed by atoms with Gasteiger partial charge < -0.3 is 19.4 Å². The van der Waals surface area contributed by atoms with Gasteiger partial charge in [0, 0.05) is 11.8 Å². The normalized spacial score (nSPS) is 13.5. The molecule has 0 saturated heterocycles. The van der Waals surface area contributed by atoms with Crippen molar-refractivity contribution in [3.63, 3.8) is 0 Å². The van der Waals surface area contributed by atoms with Crippen LogP contribution < -0.4 is 5.32 Å². The van der Waals surface area contributed by atoms with Crippen LogP contribution in [0.5, 0.6) is 0 Å². The van der Waals surface area contributed by atoms with Crippen LogP contribution in [0.3, 0.4) is 0 Å². The summed E-state index contributed by atoms with van der Waals surface area (Å²) in [5.74, 6) is -2.26. The van der Waals surface area contributed by atoms with E-state index >= 15 is 0 Å². The number of benzene rings is 1. The van der Waals surface area contributed by atoms with Crippen molar-refractivity contribution in [1.82, 2.24) is 15.5 Å². The molecule has 0 aliphatic carbocycles. The van der Waals surface area contributed by atoms with E-state index in [2.05, 4.69) is 15.5 Å². The number of carboxylic acid groups (broad SMARTS) is 1. The Morgan fingerprint density at radius 3 is 2.83 bits per heavy atom. The molecule has 0 aliphatic rings. The van der Waals surface area contributed by atoms with Crippen molar-refractivity contribution in [2.75, 3.05) is 0 Å². The average Bonchev–Trinajstić information content (AvgIpc) is 3.22. The molecule has 1 amide bonds. The van der Waals surface area contributed by atoms with E-state index in [9.17, 15) is 14.7 Å². The summed E-state index contributed by atoms with van der Waals surface area (Å²) >= 11 is 0. The number of aliphatic carboxylic acids is 1. The number of nitrogens with one attached hydrogen (secondary N) is 1. The Labute approximate surface area is 136 Å². The third-order valence-electron chi connectivity index (χ3n) is 3.72. The number of amides is 1. The van der Waals surface area contributed by atoms with Gasteiger partial charge in [0.05, 0.1) is 11.6 Å². The van der Waals surface area contributed by atoms with E-state index in [1.807, 2.05) is 6.07 Å². The number of nitrogens with zero attached hydrogens (tertiary/aromatic N) is 2. The Balaban J connectivity index is 1.76. The van der Waals surface area contributed by atoms with Crippen molar-refractivity contribution >= 4 is 22.8 Å². The van der Waals surface area contributed by atoms with Gasteiger partial charge in [-0.15, -0.1) is 0 Å². The van der Waals surface area contributed by atoms with E-state index in [1.165, 1.54) is 12.7 Å². The van der Waals surface area contributed by atoms with Gasteiger partial charge in [-0.3, -0.25) is 4.79 Å². The van der Waals surface area contributed by atoms with Gasteiger partial charge in [0.1, 0.15) is 18.0 Å². The zero-order chi connectivity index (χ0) is 17.1. The van der Waals surface area contributed by atoms with Crippen LogP contribution in [0.25, 0.3) is 11.0 Å². The Bertz CT molecular complexity index is 856. The first-order valence-electron chi connectivity index (χ1n) is 7.31. The number of para-hydroxylation sites is 1. The summed E-state index contributed by atoms with van der Waals surface area (Å²) in [5.41, 5.74) is 1.49. The van der Waals surface area contributed by atoms with E-state index < -0.39 is 23.8 Å². The summed E-state index contributed by atoms with van der Waals surface area (Å²) in [6, 6.07) is 6.07. The molecule has 0 spiro atoms. The van der Waals surface area contributed by atoms with E-state index in [1.54, 1.807) is 25.1 Å². The van der Waals surface area contributed by atoms with Crippen LogP contribution in [0.2, 0.25) is 0 Å². The van der Waals surface area contributed by atoms with E-state index in [0.717, 1.165) is 5.39 Å². The minimum absolute atomic E-state index is 0.0316. The van der Waals surface area contributed by atoms with Crippen LogP contribution in [0.15, 0.2) is 45.9 Å². The van der Waals surface area contributed by atoms with Crippen molar-refractivity contribution in [1.29, 1.82) is 0 Å². The summed E-state index contributed by atoms with van der Waals surface area (Å²) < 4.78 is 10.0. The van der Waals surface area contributed by atoms with Crippen molar-refractivity contribution < 1.29 is 23.6 Å². The Kier molecular flexibility index (Phi) is 4.28. The zero-order valence-corrected chi connectivity index (χ0v) is 12.8. The summed E-state index contributed by atoms with van der Waals surface area (Å²) in [5, 5.41) is 16.5. The third-order valence-corrected chi connectivity index (χ3v) is 3.72. The second-order valence-corrected chi connectivity index (χ2v) is 5.37. The number of carbonyl (C=O) groups excluding carboxylic acids is 1. The first kappa shape index (κ1) is 15.7. The number of hydrogen-bond acceptors (Lipinski definition) is 6. The fraction of sp³-hybridized carbons (Fsp3) is 0.250. The monoisotopic (exact) mass is 329 g/mol. The summed E-state index contributed by atoms with van der Waals surface area (Å²) in [6.07, 6.45) is 2.58. The van der Waals surface area contributed by atoms with Gasteiger partial charge in [0.2, 0.25) is 5.91 Å². The maximum Gasteiger partial charge on any atom is 0.326 e. The number of aromatic nitrogens is 2. The Hall–Kier alpha value is -3.16. The molecule has 0 bridgehead atoms. The summed E-state index contributed by atoms with van der Waals surface area (Å²) in [4.78, 5) is 27.7. The quantitative estimate of drug-likeness (QED) is 0.707. The molecule has 2 aromatic heterocycles. The molecule has 0 saturated carbocycles. The molecule has 2 N–H and O–H groups in total. The largest absolute Gasteiger partial charge is 0.480 e. The van der Waals surface area contributed by atoms with Gasteiger partial charge >= 0.3 is 5.97 Å². The van der Waals surface area contributed by atoms with E-state index in [0.29, 0.717) is 17.0 Å². The molecule has 0 fully saturated rings. The molecule has 1 aromatic carbocycles. The Morgan fingerprint density at radius 1 is 1.33 bits per heavy atom. The highest BCUT2D eigenvalue weighted by molar-refractivity contribution is 5.91. The van der Waals surface area contributed by atoms with Crippen LogP contribution in [-0.2, 0) is 16.0 Å². The van der Waals surface area contributed by atoms with Crippen molar-refractivity contribution in [2.24, 2.45) is 0 Å². The standard InChI is InChI=1S/C16H15N3O5/c1-9(14-11-4-2-3-5-13(11)24-19-14)15(20)18-12(16(21)22)6-10-7-23-8-17-10/h2-5,7-9,12H,6H2,1H3,(H,18,20)(H,21,22). The third kappa shape index (κ3) is 3.12. The highest BCUT2D eigenvalue weighted by Gasteiger charge is 2.27. The average molecular weight is 329 g/mol. The lowest BCUT2D eigenvalue weighted by molar-refractivity contribution is -0.142. The van der Waals surface area contributed by atoms with Gasteiger partial charge in [-0.2, -0.15) is 0 Å². The smallest absolute Gasteiger partial charge is 0.326 e. The highest BCUT2D eigenvalue weighted by atomic mass is 16.5. The minimum Gasteiger partial charge on any atom is -0.480 e. The van der Waals surface area contributed by atoms with Gasteiger partial charge in [0.15, 0.2) is 12.0 Å². The number of carbonyl (C=O) groups is 2. The molecular weight excluding hydrogens is 314 g/mol. The number of carboxylic acids is 1. The maximum absolute atomic E-state index is 12.4. The predicted molar refractivity (Wildman–Crippen MR) is 82.2 cm³/mol.